The lowest BCUT2D eigenvalue weighted by atomic mass is 10.2. The van der Waals surface area contributed by atoms with Crippen LogP contribution in [-0.4, -0.2) is 28.4 Å². The van der Waals surface area contributed by atoms with Crippen LogP contribution in [0.15, 0.2) is 30.3 Å². The van der Waals surface area contributed by atoms with E-state index in [-0.39, 0.29) is 39.7 Å². The van der Waals surface area contributed by atoms with E-state index in [4.69, 9.17) is 25.3 Å². The van der Waals surface area contributed by atoms with Crippen molar-refractivity contribution in [3.63, 3.8) is 0 Å². The fraction of sp³-hybridized carbons (Fsp3) is 0.458. The Morgan fingerprint density at radius 1 is 1.06 bits per heavy atom. The molecular weight excluding hydrogens is 480 g/mol. The second-order valence-corrected chi connectivity index (χ2v) is 9.18. The Morgan fingerprint density at radius 2 is 1.74 bits per heavy atom. The summed E-state index contributed by atoms with van der Waals surface area (Å²) in [5.41, 5.74) is 0.385. The molecule has 188 valence electrons. The van der Waals surface area contributed by atoms with Crippen molar-refractivity contribution in [1.82, 2.24) is 0 Å². The Balaban J connectivity index is 2.16. The lowest BCUT2D eigenvalue weighted by molar-refractivity contribution is -0.118. The molecule has 0 heterocycles. The standard InChI is InChI=1S/C24H33ClN2O6S/c1-5-7-11-31-18-9-10-21(22(15-18)32-12-8-6-2)33-34(30)27-17-13-19(25)23(28)20(14-17)26-24(29)16(3)4/h9-10,13-16,27-28H,5-8,11-12H2,1-4H3,(H,26,29). The van der Waals surface area contributed by atoms with Gasteiger partial charge in [0.15, 0.2) is 17.2 Å². The molecule has 3 N–H and O–H groups in total. The number of halogens is 1. The van der Waals surface area contributed by atoms with Crippen molar-refractivity contribution in [3.05, 3.63) is 35.4 Å². The van der Waals surface area contributed by atoms with Crippen molar-refractivity contribution >= 4 is 40.1 Å². The minimum absolute atomic E-state index is 0.0155. The van der Waals surface area contributed by atoms with Crippen LogP contribution < -0.4 is 23.7 Å². The number of phenolic OH excluding ortho intramolecular Hbond substituents is 1. The molecule has 2 rings (SSSR count). The third-order valence-electron chi connectivity index (χ3n) is 4.65. The van der Waals surface area contributed by atoms with Crippen LogP contribution in [0.3, 0.4) is 0 Å². The van der Waals surface area contributed by atoms with Gasteiger partial charge in [-0.15, -0.1) is 0 Å². The average Bonchev–Trinajstić information content (AvgIpc) is 2.78. The van der Waals surface area contributed by atoms with E-state index >= 15 is 0 Å². The monoisotopic (exact) mass is 512 g/mol. The SMILES string of the molecule is CCCCOc1ccc(OS(=O)Nc2cc(Cl)c(O)c(NC(=O)C(C)C)c2)c(OCCCC)c1. The van der Waals surface area contributed by atoms with E-state index in [1.54, 1.807) is 32.0 Å². The molecule has 1 atom stereocenters. The molecule has 0 radical (unpaired) electrons. The Morgan fingerprint density at radius 3 is 2.38 bits per heavy atom. The minimum atomic E-state index is -2.02. The summed E-state index contributed by atoms with van der Waals surface area (Å²) in [6.45, 7) is 8.67. The van der Waals surface area contributed by atoms with Gasteiger partial charge in [-0.05, 0) is 37.1 Å². The predicted octanol–water partition coefficient (Wildman–Crippen LogP) is 6.07. The van der Waals surface area contributed by atoms with Crippen LogP contribution >= 0.6 is 11.6 Å². The number of aromatic hydroxyl groups is 1. The van der Waals surface area contributed by atoms with Crippen molar-refractivity contribution in [3.8, 4) is 23.0 Å². The number of carbonyl (C=O) groups is 1. The number of hydrogen-bond acceptors (Lipinski definition) is 6. The molecule has 2 aromatic carbocycles. The van der Waals surface area contributed by atoms with Gasteiger partial charge in [-0.1, -0.05) is 52.1 Å². The minimum Gasteiger partial charge on any atom is -0.504 e. The first-order chi connectivity index (χ1) is 16.2. The lowest BCUT2D eigenvalue weighted by Gasteiger charge is -2.15. The summed E-state index contributed by atoms with van der Waals surface area (Å²) in [7, 11) is 0. The van der Waals surface area contributed by atoms with Crippen LogP contribution in [0.2, 0.25) is 5.02 Å². The number of anilines is 2. The van der Waals surface area contributed by atoms with Crippen molar-refractivity contribution in [2.75, 3.05) is 23.3 Å². The van der Waals surface area contributed by atoms with Gasteiger partial charge < -0.3 is 24.1 Å². The number of carbonyl (C=O) groups excluding carboxylic acids is 1. The summed E-state index contributed by atoms with van der Waals surface area (Å²) in [4.78, 5) is 12.0. The zero-order valence-electron chi connectivity index (χ0n) is 20.0. The van der Waals surface area contributed by atoms with Gasteiger partial charge in [0.1, 0.15) is 5.75 Å². The summed E-state index contributed by atoms with van der Waals surface area (Å²) in [5, 5.41) is 12.7. The first kappa shape index (κ1) is 27.6. The molecule has 10 heteroatoms. The van der Waals surface area contributed by atoms with Gasteiger partial charge in [-0.25, -0.2) is 0 Å². The molecule has 0 aliphatic carbocycles. The van der Waals surface area contributed by atoms with Gasteiger partial charge in [0.05, 0.1) is 29.6 Å². The number of hydrogen-bond donors (Lipinski definition) is 3. The largest absolute Gasteiger partial charge is 0.504 e. The third-order valence-corrected chi connectivity index (χ3v) is 5.67. The Kier molecular flexibility index (Phi) is 11.3. The Labute approximate surface area is 208 Å². The second kappa shape index (κ2) is 13.9. The highest BCUT2D eigenvalue weighted by Gasteiger charge is 2.16. The van der Waals surface area contributed by atoms with E-state index in [1.165, 1.54) is 12.1 Å². The zero-order valence-corrected chi connectivity index (χ0v) is 21.6. The highest BCUT2D eigenvalue weighted by molar-refractivity contribution is 7.82. The molecule has 1 unspecified atom stereocenters. The van der Waals surface area contributed by atoms with Gasteiger partial charge in [0, 0.05) is 12.0 Å². The van der Waals surface area contributed by atoms with Crippen LogP contribution in [0.4, 0.5) is 11.4 Å². The lowest BCUT2D eigenvalue weighted by Crippen LogP contribution is -2.18. The van der Waals surface area contributed by atoms with Crippen LogP contribution in [0.25, 0.3) is 0 Å². The van der Waals surface area contributed by atoms with E-state index in [9.17, 15) is 14.1 Å². The number of benzene rings is 2. The number of rotatable bonds is 14. The normalized spacial score (nSPS) is 11.7. The maximum Gasteiger partial charge on any atom is 0.316 e. The number of nitrogens with one attached hydrogen (secondary N) is 2. The number of amides is 1. The highest BCUT2D eigenvalue weighted by Crippen LogP contribution is 2.36. The maximum atomic E-state index is 12.7. The smallest absolute Gasteiger partial charge is 0.316 e. The van der Waals surface area contributed by atoms with Crippen molar-refractivity contribution in [1.29, 1.82) is 0 Å². The molecule has 0 spiro atoms. The molecule has 0 fully saturated rings. The molecule has 0 saturated heterocycles. The van der Waals surface area contributed by atoms with E-state index in [1.807, 2.05) is 0 Å². The Hall–Kier alpha value is -2.65. The van der Waals surface area contributed by atoms with Gasteiger partial charge in [0.25, 0.3) is 0 Å². The van der Waals surface area contributed by atoms with Crippen molar-refractivity contribution < 1.29 is 27.8 Å². The molecule has 8 nitrogen and oxygen atoms in total. The second-order valence-electron chi connectivity index (χ2n) is 7.93. The molecule has 1 amide bonds. The van der Waals surface area contributed by atoms with Crippen LogP contribution in [0, 0.1) is 5.92 Å². The molecular formula is C24H33ClN2O6S. The zero-order chi connectivity index (χ0) is 25.1. The summed E-state index contributed by atoms with van der Waals surface area (Å²) in [6.07, 6.45) is 3.79. The predicted molar refractivity (Wildman–Crippen MR) is 136 cm³/mol. The van der Waals surface area contributed by atoms with Crippen LogP contribution in [0.1, 0.15) is 53.4 Å². The molecule has 0 aromatic heterocycles. The number of phenols is 1. The van der Waals surface area contributed by atoms with Crippen LogP contribution in [0.5, 0.6) is 23.0 Å². The summed E-state index contributed by atoms with van der Waals surface area (Å²) < 4.78 is 32.5. The number of unbranched alkanes of at least 4 members (excludes halogenated alkanes) is 2. The third kappa shape index (κ3) is 8.61. The topological polar surface area (TPSA) is 106 Å². The van der Waals surface area contributed by atoms with Gasteiger partial charge in [-0.2, -0.15) is 4.21 Å². The molecule has 34 heavy (non-hydrogen) atoms. The van der Waals surface area contributed by atoms with Crippen molar-refractivity contribution in [2.45, 2.75) is 53.4 Å². The molecule has 2 aromatic rings. The quantitative estimate of drug-likeness (QED) is 0.161. The summed E-state index contributed by atoms with van der Waals surface area (Å²) in [5.74, 6) is 0.470. The van der Waals surface area contributed by atoms with E-state index in [2.05, 4.69) is 23.9 Å². The van der Waals surface area contributed by atoms with Gasteiger partial charge in [-0.3, -0.25) is 9.52 Å². The molecule has 0 aliphatic rings. The molecule has 0 aliphatic heterocycles. The van der Waals surface area contributed by atoms with E-state index < -0.39 is 11.3 Å². The van der Waals surface area contributed by atoms with Gasteiger partial charge >= 0.3 is 11.3 Å². The number of ether oxygens (including phenoxy) is 2. The van der Waals surface area contributed by atoms with E-state index in [0.717, 1.165) is 25.7 Å². The molecule has 0 bridgehead atoms. The first-order valence-corrected chi connectivity index (χ1v) is 12.8. The summed E-state index contributed by atoms with van der Waals surface area (Å²) in [6, 6.07) is 7.89. The maximum absolute atomic E-state index is 12.7. The average molecular weight is 513 g/mol. The highest BCUT2D eigenvalue weighted by atomic mass is 35.5. The van der Waals surface area contributed by atoms with E-state index in [0.29, 0.717) is 24.7 Å². The fourth-order valence-corrected chi connectivity index (χ4v) is 3.52. The Bertz CT molecular complexity index is 986. The molecule has 0 saturated carbocycles. The first-order valence-electron chi connectivity index (χ1n) is 11.3. The summed E-state index contributed by atoms with van der Waals surface area (Å²) >= 11 is 4.05. The van der Waals surface area contributed by atoms with Crippen LogP contribution in [-0.2, 0) is 16.1 Å². The van der Waals surface area contributed by atoms with Crippen molar-refractivity contribution in [2.24, 2.45) is 5.92 Å². The fourth-order valence-electron chi connectivity index (χ4n) is 2.65. The van der Waals surface area contributed by atoms with Gasteiger partial charge in [0.2, 0.25) is 5.91 Å².